The number of aryl methyl sites for hydroxylation is 2. The predicted molar refractivity (Wildman–Crippen MR) is 72.1 cm³/mol. The smallest absolute Gasteiger partial charge is 0.231 e. The molecule has 1 unspecified atom stereocenters. The third kappa shape index (κ3) is 2.71. The van der Waals surface area contributed by atoms with Crippen molar-refractivity contribution in [2.45, 2.75) is 32.1 Å². The van der Waals surface area contributed by atoms with Gasteiger partial charge in [-0.3, -0.25) is 0 Å². The molecule has 1 aliphatic heterocycles. The minimum Gasteiger partial charge on any atom is -0.476 e. The number of hydrogen-bond acceptors (Lipinski definition) is 4. The third-order valence-corrected chi connectivity index (χ3v) is 3.99. The van der Waals surface area contributed by atoms with Gasteiger partial charge in [0.2, 0.25) is 5.88 Å². The highest BCUT2D eigenvalue weighted by atomic mass is 16.5. The van der Waals surface area contributed by atoms with Crippen LogP contribution in [-0.2, 0) is 12.8 Å². The molecule has 0 radical (unpaired) electrons. The number of hydrogen-bond donors (Lipinski definition) is 1. The Morgan fingerprint density at radius 2 is 2.37 bits per heavy atom. The number of nitrogens with zero attached hydrogens (tertiary/aromatic N) is 2. The summed E-state index contributed by atoms with van der Waals surface area (Å²) < 4.78 is 5.82. The van der Waals surface area contributed by atoms with Crippen LogP contribution in [0.4, 0.5) is 0 Å². The first-order valence-corrected chi connectivity index (χ1v) is 7.13. The first kappa shape index (κ1) is 12.4. The van der Waals surface area contributed by atoms with Crippen molar-refractivity contribution < 1.29 is 4.74 Å². The lowest BCUT2D eigenvalue weighted by atomic mass is 10.0. The quantitative estimate of drug-likeness (QED) is 0.897. The van der Waals surface area contributed by atoms with E-state index in [1.807, 2.05) is 6.07 Å². The summed E-state index contributed by atoms with van der Waals surface area (Å²) in [5.41, 5.74) is 2.93. The molecule has 0 bridgehead atoms. The zero-order valence-electron chi connectivity index (χ0n) is 11.1. The average molecular weight is 257 g/mol. The van der Waals surface area contributed by atoms with Crippen molar-refractivity contribution in [1.29, 1.82) is 5.26 Å². The molecule has 1 aromatic rings. The standard InChI is InChI=1S/C15H19N3O/c16-8-13-7-12-4-1-5-14(12)18-15(13)19-10-11-3-2-6-17-9-11/h7,11,17H,1-6,9-10H2. The van der Waals surface area contributed by atoms with Gasteiger partial charge in [-0.05, 0) is 50.3 Å². The molecule has 100 valence electrons. The van der Waals surface area contributed by atoms with E-state index in [1.54, 1.807) is 0 Å². The summed E-state index contributed by atoms with van der Waals surface area (Å²) in [6, 6.07) is 4.17. The van der Waals surface area contributed by atoms with Crippen molar-refractivity contribution in [3.63, 3.8) is 0 Å². The van der Waals surface area contributed by atoms with Crippen LogP contribution in [0.15, 0.2) is 6.07 Å². The maximum Gasteiger partial charge on any atom is 0.231 e. The van der Waals surface area contributed by atoms with Crippen LogP contribution in [0, 0.1) is 17.2 Å². The summed E-state index contributed by atoms with van der Waals surface area (Å²) in [7, 11) is 0. The average Bonchev–Trinajstić information content (AvgIpc) is 2.92. The molecule has 1 fully saturated rings. The Morgan fingerprint density at radius 3 is 3.16 bits per heavy atom. The number of nitriles is 1. The van der Waals surface area contributed by atoms with Crippen molar-refractivity contribution in [3.05, 3.63) is 22.9 Å². The van der Waals surface area contributed by atoms with Gasteiger partial charge in [0.25, 0.3) is 0 Å². The number of aromatic nitrogens is 1. The lowest BCUT2D eigenvalue weighted by Crippen LogP contribution is -2.33. The molecule has 19 heavy (non-hydrogen) atoms. The van der Waals surface area contributed by atoms with Crippen molar-refractivity contribution >= 4 is 0 Å². The molecule has 1 saturated heterocycles. The van der Waals surface area contributed by atoms with Gasteiger partial charge in [-0.1, -0.05) is 0 Å². The Morgan fingerprint density at radius 1 is 1.42 bits per heavy atom. The second kappa shape index (κ2) is 5.58. The number of piperidine rings is 1. The summed E-state index contributed by atoms with van der Waals surface area (Å²) in [5, 5.41) is 12.6. The fourth-order valence-electron chi connectivity index (χ4n) is 2.91. The van der Waals surface area contributed by atoms with Gasteiger partial charge in [-0.25, -0.2) is 4.98 Å². The molecular formula is C15H19N3O. The number of fused-ring (bicyclic) bond motifs is 1. The summed E-state index contributed by atoms with van der Waals surface area (Å²) in [6.07, 6.45) is 5.60. The van der Waals surface area contributed by atoms with Gasteiger partial charge in [0, 0.05) is 18.2 Å². The molecule has 0 saturated carbocycles. The summed E-state index contributed by atoms with van der Waals surface area (Å²) >= 11 is 0. The van der Waals surface area contributed by atoms with Crippen molar-refractivity contribution in [3.8, 4) is 11.9 Å². The molecule has 0 spiro atoms. The zero-order valence-corrected chi connectivity index (χ0v) is 11.1. The molecule has 3 rings (SSSR count). The van der Waals surface area contributed by atoms with Gasteiger partial charge in [0.15, 0.2) is 0 Å². The molecule has 1 atom stereocenters. The van der Waals surface area contributed by atoms with Crippen LogP contribution in [0.5, 0.6) is 5.88 Å². The van der Waals surface area contributed by atoms with Crippen LogP contribution in [0.25, 0.3) is 0 Å². The normalized spacial score (nSPS) is 21.7. The van der Waals surface area contributed by atoms with Gasteiger partial charge in [0.05, 0.1) is 6.61 Å². The van der Waals surface area contributed by atoms with Crippen LogP contribution in [0.1, 0.15) is 36.1 Å². The van der Waals surface area contributed by atoms with Gasteiger partial charge < -0.3 is 10.1 Å². The maximum absolute atomic E-state index is 9.20. The van der Waals surface area contributed by atoms with E-state index in [1.165, 1.54) is 18.4 Å². The molecule has 0 amide bonds. The summed E-state index contributed by atoms with van der Waals surface area (Å²) in [4.78, 5) is 4.54. The molecule has 4 nitrogen and oxygen atoms in total. The minimum atomic E-state index is 0.536. The van der Waals surface area contributed by atoms with Crippen LogP contribution in [-0.4, -0.2) is 24.7 Å². The van der Waals surface area contributed by atoms with Gasteiger partial charge in [-0.2, -0.15) is 5.26 Å². The van der Waals surface area contributed by atoms with E-state index in [-0.39, 0.29) is 0 Å². The summed E-state index contributed by atoms with van der Waals surface area (Å²) in [5.74, 6) is 1.07. The largest absolute Gasteiger partial charge is 0.476 e. The van der Waals surface area contributed by atoms with E-state index < -0.39 is 0 Å². The van der Waals surface area contributed by atoms with E-state index in [9.17, 15) is 5.26 Å². The highest BCUT2D eigenvalue weighted by molar-refractivity contribution is 5.44. The highest BCUT2D eigenvalue weighted by Crippen LogP contribution is 2.26. The Balaban J connectivity index is 1.71. The highest BCUT2D eigenvalue weighted by Gasteiger charge is 2.19. The Kier molecular flexibility index (Phi) is 3.65. The third-order valence-electron chi connectivity index (χ3n) is 3.99. The lowest BCUT2D eigenvalue weighted by molar-refractivity contribution is 0.211. The number of nitrogens with one attached hydrogen (secondary N) is 1. The Bertz CT molecular complexity index is 501. The number of ether oxygens (including phenoxy) is 1. The van der Waals surface area contributed by atoms with E-state index in [4.69, 9.17) is 4.74 Å². The van der Waals surface area contributed by atoms with Gasteiger partial charge in [0.1, 0.15) is 11.6 Å². The van der Waals surface area contributed by atoms with E-state index in [0.29, 0.717) is 24.0 Å². The van der Waals surface area contributed by atoms with Crippen LogP contribution < -0.4 is 10.1 Å². The molecule has 1 aliphatic carbocycles. The predicted octanol–water partition coefficient (Wildman–Crippen LogP) is 1.82. The van der Waals surface area contributed by atoms with E-state index in [0.717, 1.165) is 38.0 Å². The van der Waals surface area contributed by atoms with Crippen LogP contribution in [0.3, 0.4) is 0 Å². The van der Waals surface area contributed by atoms with E-state index in [2.05, 4.69) is 16.4 Å². The first-order chi connectivity index (χ1) is 9.36. The molecular weight excluding hydrogens is 238 g/mol. The first-order valence-electron chi connectivity index (χ1n) is 7.13. The fraction of sp³-hybridized carbons (Fsp3) is 0.600. The van der Waals surface area contributed by atoms with Gasteiger partial charge >= 0.3 is 0 Å². The summed E-state index contributed by atoms with van der Waals surface area (Å²) in [6.45, 7) is 2.78. The maximum atomic E-state index is 9.20. The van der Waals surface area contributed by atoms with Crippen molar-refractivity contribution in [2.24, 2.45) is 5.92 Å². The van der Waals surface area contributed by atoms with Crippen molar-refractivity contribution in [2.75, 3.05) is 19.7 Å². The Labute approximate surface area is 113 Å². The van der Waals surface area contributed by atoms with E-state index >= 15 is 0 Å². The molecule has 0 aromatic carbocycles. The monoisotopic (exact) mass is 257 g/mol. The molecule has 2 aliphatic rings. The molecule has 1 N–H and O–H groups in total. The minimum absolute atomic E-state index is 0.536. The Hall–Kier alpha value is -1.60. The second-order valence-corrected chi connectivity index (χ2v) is 5.44. The zero-order chi connectivity index (χ0) is 13.1. The SMILES string of the molecule is N#Cc1cc2c(nc1OCC1CCCNC1)CCC2. The topological polar surface area (TPSA) is 57.9 Å². The fourth-order valence-corrected chi connectivity index (χ4v) is 2.91. The van der Waals surface area contributed by atoms with Gasteiger partial charge in [-0.15, -0.1) is 0 Å². The molecule has 1 aromatic heterocycles. The van der Waals surface area contributed by atoms with Crippen molar-refractivity contribution in [1.82, 2.24) is 10.3 Å². The molecule has 2 heterocycles. The molecule has 4 heteroatoms. The second-order valence-electron chi connectivity index (χ2n) is 5.44. The number of pyridine rings is 1. The van der Waals surface area contributed by atoms with Crippen LogP contribution >= 0.6 is 0 Å². The number of rotatable bonds is 3. The lowest BCUT2D eigenvalue weighted by Gasteiger charge is -2.22. The van der Waals surface area contributed by atoms with Crippen LogP contribution in [0.2, 0.25) is 0 Å².